The zero-order valence-corrected chi connectivity index (χ0v) is 10.9. The van der Waals surface area contributed by atoms with E-state index in [9.17, 15) is 4.39 Å². The Morgan fingerprint density at radius 2 is 1.76 bits per heavy atom. The fourth-order valence-corrected chi connectivity index (χ4v) is 0.995. The van der Waals surface area contributed by atoms with Crippen molar-refractivity contribution in [3.05, 3.63) is 53.9 Å². The van der Waals surface area contributed by atoms with E-state index in [0.717, 1.165) is 11.3 Å². The summed E-state index contributed by atoms with van der Waals surface area (Å²) in [5, 5.41) is 0. The first-order chi connectivity index (χ1) is 8.22. The molecule has 17 heavy (non-hydrogen) atoms. The molecule has 1 aromatic rings. The van der Waals surface area contributed by atoms with Gasteiger partial charge < -0.3 is 0 Å². The van der Waals surface area contributed by atoms with Crippen LogP contribution in [-0.2, 0) is 0 Å². The van der Waals surface area contributed by atoms with Crippen LogP contribution in [0.3, 0.4) is 0 Å². The number of nitrogens with zero attached hydrogens (tertiary/aromatic N) is 1. The summed E-state index contributed by atoms with van der Waals surface area (Å²) in [7, 11) is 0. The van der Waals surface area contributed by atoms with Crippen LogP contribution < -0.4 is 0 Å². The van der Waals surface area contributed by atoms with Gasteiger partial charge in [0.2, 0.25) is 0 Å². The normalized spacial score (nSPS) is 11.7. The van der Waals surface area contributed by atoms with Gasteiger partial charge in [0.05, 0.1) is 5.69 Å². The first-order valence-corrected chi connectivity index (χ1v) is 5.81. The fourth-order valence-electron chi connectivity index (χ4n) is 0.995. The third-order valence-corrected chi connectivity index (χ3v) is 1.80. The number of benzene rings is 1. The van der Waals surface area contributed by atoms with E-state index in [1.165, 1.54) is 12.1 Å². The topological polar surface area (TPSA) is 12.4 Å². The number of allylic oxidation sites excluding steroid dienone is 4. The molecule has 1 nitrogen and oxygen atoms in total. The molecule has 0 aliphatic rings. The van der Waals surface area contributed by atoms with Gasteiger partial charge in [-0.05, 0) is 43.7 Å². The number of aliphatic imine (C=N–C) groups is 1. The number of rotatable bonds is 3. The van der Waals surface area contributed by atoms with Gasteiger partial charge in [-0.15, -0.1) is 0 Å². The van der Waals surface area contributed by atoms with Gasteiger partial charge in [-0.1, -0.05) is 32.1 Å². The Labute approximate surface area is 103 Å². The predicted molar refractivity (Wildman–Crippen MR) is 74.5 cm³/mol. The van der Waals surface area contributed by atoms with Gasteiger partial charge in [0.15, 0.2) is 0 Å². The van der Waals surface area contributed by atoms with E-state index in [1.54, 1.807) is 18.3 Å². The third kappa shape index (κ3) is 7.23. The maximum Gasteiger partial charge on any atom is 0.123 e. The highest BCUT2D eigenvalue weighted by atomic mass is 19.1. The van der Waals surface area contributed by atoms with Gasteiger partial charge >= 0.3 is 0 Å². The minimum atomic E-state index is -0.241. The zero-order chi connectivity index (χ0) is 13.1. The van der Waals surface area contributed by atoms with E-state index in [-0.39, 0.29) is 5.82 Å². The van der Waals surface area contributed by atoms with Crippen molar-refractivity contribution in [2.75, 3.05) is 0 Å². The standard InChI is InChI=1S/C13H14FN.C2H6/c1-3-4-5-11(2)10-15-13-8-6-12(14)7-9-13;1-2/h3-10H,1-2H3;1-2H3/b4-3-,11-5+,15-10?;. The Balaban J connectivity index is 0.00000121. The second-order valence-corrected chi connectivity index (χ2v) is 3.17. The fraction of sp³-hybridized carbons (Fsp3) is 0.267. The van der Waals surface area contributed by atoms with Crippen molar-refractivity contribution in [1.29, 1.82) is 0 Å². The molecule has 0 N–H and O–H groups in total. The largest absolute Gasteiger partial charge is 0.257 e. The molecule has 0 heterocycles. The number of hydrogen-bond acceptors (Lipinski definition) is 1. The van der Waals surface area contributed by atoms with Crippen molar-refractivity contribution in [1.82, 2.24) is 0 Å². The maximum atomic E-state index is 12.6. The molecule has 1 rings (SSSR count). The van der Waals surface area contributed by atoms with Crippen LogP contribution in [0.4, 0.5) is 10.1 Å². The third-order valence-electron chi connectivity index (χ3n) is 1.80. The smallest absolute Gasteiger partial charge is 0.123 e. The summed E-state index contributed by atoms with van der Waals surface area (Å²) in [6.45, 7) is 7.92. The van der Waals surface area contributed by atoms with Gasteiger partial charge in [0.1, 0.15) is 5.82 Å². The van der Waals surface area contributed by atoms with E-state index in [1.807, 2.05) is 45.9 Å². The minimum Gasteiger partial charge on any atom is -0.257 e. The summed E-state index contributed by atoms with van der Waals surface area (Å²) in [4.78, 5) is 4.21. The van der Waals surface area contributed by atoms with Crippen LogP contribution in [0.5, 0.6) is 0 Å². The first-order valence-electron chi connectivity index (χ1n) is 5.81. The summed E-state index contributed by atoms with van der Waals surface area (Å²) in [5.41, 5.74) is 1.81. The SMILES string of the molecule is C/C=C\C=C(/C)C=Nc1ccc(F)cc1.CC. The highest BCUT2D eigenvalue weighted by molar-refractivity contribution is 5.80. The molecule has 0 saturated heterocycles. The monoisotopic (exact) mass is 233 g/mol. The van der Waals surface area contributed by atoms with Crippen molar-refractivity contribution in [3.63, 3.8) is 0 Å². The average molecular weight is 233 g/mol. The zero-order valence-electron chi connectivity index (χ0n) is 10.9. The van der Waals surface area contributed by atoms with Crippen LogP contribution in [0.2, 0.25) is 0 Å². The molecule has 0 aromatic heterocycles. The molecule has 2 heteroatoms. The second kappa shape index (κ2) is 9.52. The number of halogens is 1. The summed E-state index contributed by atoms with van der Waals surface area (Å²) < 4.78 is 12.6. The van der Waals surface area contributed by atoms with Crippen LogP contribution in [-0.4, -0.2) is 6.21 Å². The van der Waals surface area contributed by atoms with Gasteiger partial charge in [0.25, 0.3) is 0 Å². The first kappa shape index (κ1) is 15.3. The van der Waals surface area contributed by atoms with Crippen LogP contribution >= 0.6 is 0 Å². The van der Waals surface area contributed by atoms with Crippen molar-refractivity contribution in [3.8, 4) is 0 Å². The Morgan fingerprint density at radius 3 is 2.29 bits per heavy atom. The molecule has 92 valence electrons. The van der Waals surface area contributed by atoms with Crippen LogP contribution in [0, 0.1) is 5.82 Å². The molecular formula is C15H20FN. The summed E-state index contributed by atoms with van der Waals surface area (Å²) in [6.07, 6.45) is 7.63. The highest BCUT2D eigenvalue weighted by Gasteiger charge is 1.89. The predicted octanol–water partition coefficient (Wildman–Crippen LogP) is 5.08. The minimum absolute atomic E-state index is 0.241. The summed E-state index contributed by atoms with van der Waals surface area (Å²) in [6, 6.07) is 6.10. The summed E-state index contributed by atoms with van der Waals surface area (Å²) in [5.74, 6) is -0.241. The van der Waals surface area contributed by atoms with Crippen molar-refractivity contribution >= 4 is 11.9 Å². The highest BCUT2D eigenvalue weighted by Crippen LogP contribution is 2.11. The van der Waals surface area contributed by atoms with Crippen LogP contribution in [0.25, 0.3) is 0 Å². The van der Waals surface area contributed by atoms with Gasteiger partial charge in [-0.25, -0.2) is 4.39 Å². The molecule has 0 radical (unpaired) electrons. The van der Waals surface area contributed by atoms with Crippen molar-refractivity contribution in [2.24, 2.45) is 4.99 Å². The summed E-state index contributed by atoms with van der Waals surface area (Å²) >= 11 is 0. The van der Waals surface area contributed by atoms with Crippen LogP contribution in [0.1, 0.15) is 27.7 Å². The maximum absolute atomic E-state index is 12.6. The van der Waals surface area contributed by atoms with E-state index in [2.05, 4.69) is 4.99 Å². The quantitative estimate of drug-likeness (QED) is 0.510. The Bertz CT molecular complexity index is 386. The molecule has 0 atom stereocenters. The van der Waals surface area contributed by atoms with E-state index >= 15 is 0 Å². The Hall–Kier alpha value is -1.70. The molecule has 0 fully saturated rings. The van der Waals surface area contributed by atoms with E-state index < -0.39 is 0 Å². The molecular weight excluding hydrogens is 213 g/mol. The molecule has 0 unspecified atom stereocenters. The van der Waals surface area contributed by atoms with Gasteiger partial charge in [-0.3, -0.25) is 4.99 Å². The lowest BCUT2D eigenvalue weighted by Gasteiger charge is -1.93. The second-order valence-electron chi connectivity index (χ2n) is 3.17. The van der Waals surface area contributed by atoms with Crippen LogP contribution in [0.15, 0.2) is 53.1 Å². The molecule has 0 spiro atoms. The van der Waals surface area contributed by atoms with E-state index in [4.69, 9.17) is 0 Å². The lowest BCUT2D eigenvalue weighted by atomic mass is 10.3. The average Bonchev–Trinajstić information content (AvgIpc) is 2.38. The molecule has 1 aromatic carbocycles. The Kier molecular flexibility index (Phi) is 8.57. The van der Waals surface area contributed by atoms with Crippen molar-refractivity contribution < 1.29 is 4.39 Å². The van der Waals surface area contributed by atoms with Crippen molar-refractivity contribution in [2.45, 2.75) is 27.7 Å². The molecule has 0 aliphatic heterocycles. The lowest BCUT2D eigenvalue weighted by Crippen LogP contribution is -1.76. The molecule has 0 amide bonds. The molecule has 0 aliphatic carbocycles. The van der Waals surface area contributed by atoms with Gasteiger partial charge in [0, 0.05) is 6.21 Å². The van der Waals surface area contributed by atoms with E-state index in [0.29, 0.717) is 0 Å². The molecule has 0 bridgehead atoms. The lowest BCUT2D eigenvalue weighted by molar-refractivity contribution is 0.628. The number of hydrogen-bond donors (Lipinski definition) is 0. The Morgan fingerprint density at radius 1 is 1.18 bits per heavy atom. The van der Waals surface area contributed by atoms with Gasteiger partial charge in [-0.2, -0.15) is 0 Å². The molecule has 0 saturated carbocycles.